The van der Waals surface area contributed by atoms with Crippen LogP contribution < -0.4 is 4.90 Å². The summed E-state index contributed by atoms with van der Waals surface area (Å²) in [5, 5.41) is 10.1. The molecule has 0 saturated heterocycles. The SMILES string of the molecule is CN(C)c1c(C(=O)O)sc2c(I)nccc12. The minimum absolute atomic E-state index is 0.367. The number of hydrogen-bond donors (Lipinski definition) is 1. The van der Waals surface area contributed by atoms with E-state index < -0.39 is 5.97 Å². The van der Waals surface area contributed by atoms with Gasteiger partial charge in [0, 0.05) is 25.7 Å². The number of halogens is 1. The molecule has 2 heterocycles. The Morgan fingerprint density at radius 3 is 2.81 bits per heavy atom. The summed E-state index contributed by atoms with van der Waals surface area (Å²) >= 11 is 3.40. The molecule has 1 N–H and O–H groups in total. The Morgan fingerprint density at radius 1 is 1.56 bits per heavy atom. The molecule has 0 saturated carbocycles. The van der Waals surface area contributed by atoms with Crippen LogP contribution in [0.25, 0.3) is 10.1 Å². The number of carbonyl (C=O) groups is 1. The summed E-state index contributed by atoms with van der Waals surface area (Å²) < 4.78 is 1.78. The number of fused-ring (bicyclic) bond motifs is 1. The van der Waals surface area contributed by atoms with E-state index in [4.69, 9.17) is 5.11 Å². The molecule has 2 aromatic heterocycles. The number of aromatic carboxylic acids is 1. The third-order valence-corrected chi connectivity index (χ3v) is 4.55. The monoisotopic (exact) mass is 348 g/mol. The van der Waals surface area contributed by atoms with E-state index >= 15 is 0 Å². The number of nitrogens with zero attached hydrogens (tertiary/aromatic N) is 2. The van der Waals surface area contributed by atoms with Crippen molar-refractivity contribution in [3.63, 3.8) is 0 Å². The predicted molar refractivity (Wildman–Crippen MR) is 73.6 cm³/mol. The van der Waals surface area contributed by atoms with Gasteiger partial charge in [0.2, 0.25) is 0 Å². The molecule has 0 fully saturated rings. The lowest BCUT2D eigenvalue weighted by Crippen LogP contribution is -2.11. The molecule has 0 aromatic carbocycles. The smallest absolute Gasteiger partial charge is 0.348 e. The minimum Gasteiger partial charge on any atom is -0.477 e. The molecule has 0 spiro atoms. The van der Waals surface area contributed by atoms with Gasteiger partial charge in [-0.1, -0.05) is 0 Å². The second-order valence-electron chi connectivity index (χ2n) is 3.46. The van der Waals surface area contributed by atoms with Crippen LogP contribution in [0.3, 0.4) is 0 Å². The van der Waals surface area contributed by atoms with Crippen LogP contribution in [0.4, 0.5) is 5.69 Å². The molecule has 0 aliphatic heterocycles. The Labute approximate surface area is 110 Å². The normalized spacial score (nSPS) is 10.7. The second-order valence-corrected chi connectivity index (χ2v) is 5.50. The van der Waals surface area contributed by atoms with Crippen LogP contribution in [0.1, 0.15) is 9.67 Å². The number of pyridine rings is 1. The maximum atomic E-state index is 11.2. The molecule has 6 heteroatoms. The number of hydrogen-bond acceptors (Lipinski definition) is 4. The van der Waals surface area contributed by atoms with Crippen LogP contribution in [-0.4, -0.2) is 30.2 Å². The fourth-order valence-corrected chi connectivity index (χ4v) is 3.44. The summed E-state index contributed by atoms with van der Waals surface area (Å²) in [7, 11) is 3.70. The van der Waals surface area contributed by atoms with Gasteiger partial charge in [-0.25, -0.2) is 9.78 Å². The molecule has 16 heavy (non-hydrogen) atoms. The Hall–Kier alpha value is -0.890. The van der Waals surface area contributed by atoms with Crippen LogP contribution >= 0.6 is 33.9 Å². The summed E-state index contributed by atoms with van der Waals surface area (Å²) in [5.41, 5.74) is 0.757. The van der Waals surface area contributed by atoms with Gasteiger partial charge >= 0.3 is 5.97 Å². The third kappa shape index (κ3) is 1.75. The van der Waals surface area contributed by atoms with Crippen LogP contribution in [0, 0.1) is 3.70 Å². The fourth-order valence-electron chi connectivity index (χ4n) is 1.57. The number of rotatable bonds is 2. The van der Waals surface area contributed by atoms with E-state index in [9.17, 15) is 4.79 Å². The Balaban J connectivity index is 2.86. The molecular weight excluding hydrogens is 339 g/mol. The quantitative estimate of drug-likeness (QED) is 0.670. The van der Waals surface area contributed by atoms with Gasteiger partial charge in [0.05, 0.1) is 10.4 Å². The van der Waals surface area contributed by atoms with E-state index in [-0.39, 0.29) is 0 Å². The Bertz CT molecular complexity index is 565. The summed E-state index contributed by atoms with van der Waals surface area (Å²) in [4.78, 5) is 17.5. The first-order valence-corrected chi connectivity index (χ1v) is 6.39. The molecule has 0 radical (unpaired) electrons. The average Bonchev–Trinajstić information content (AvgIpc) is 2.58. The van der Waals surface area contributed by atoms with Crippen molar-refractivity contribution in [2.45, 2.75) is 0 Å². The van der Waals surface area contributed by atoms with E-state index in [1.54, 1.807) is 6.20 Å². The van der Waals surface area contributed by atoms with Crippen molar-refractivity contribution in [2.24, 2.45) is 0 Å². The largest absolute Gasteiger partial charge is 0.477 e. The predicted octanol–water partition coefficient (Wildman–Crippen LogP) is 2.67. The van der Waals surface area contributed by atoms with E-state index in [2.05, 4.69) is 27.6 Å². The lowest BCUT2D eigenvalue weighted by atomic mass is 10.2. The van der Waals surface area contributed by atoms with Gasteiger partial charge in [-0.3, -0.25) is 0 Å². The molecular formula is C10H9IN2O2S. The molecule has 84 valence electrons. The molecule has 2 rings (SSSR count). The average molecular weight is 348 g/mol. The highest BCUT2D eigenvalue weighted by Crippen LogP contribution is 2.38. The van der Waals surface area contributed by atoms with Crippen molar-refractivity contribution in [3.05, 3.63) is 20.8 Å². The van der Waals surface area contributed by atoms with E-state index in [1.807, 2.05) is 25.1 Å². The first-order chi connectivity index (χ1) is 7.52. The Morgan fingerprint density at radius 2 is 2.25 bits per heavy atom. The van der Waals surface area contributed by atoms with Gasteiger partial charge in [0.25, 0.3) is 0 Å². The zero-order valence-electron chi connectivity index (χ0n) is 8.69. The van der Waals surface area contributed by atoms with Crippen molar-refractivity contribution in [1.29, 1.82) is 0 Å². The molecule has 0 aliphatic rings. The van der Waals surface area contributed by atoms with Gasteiger partial charge in [-0.05, 0) is 28.7 Å². The molecule has 0 atom stereocenters. The summed E-state index contributed by atoms with van der Waals surface area (Å²) in [5.74, 6) is -0.888. The summed E-state index contributed by atoms with van der Waals surface area (Å²) in [6, 6.07) is 1.86. The van der Waals surface area contributed by atoms with E-state index in [1.165, 1.54) is 11.3 Å². The number of anilines is 1. The topological polar surface area (TPSA) is 53.4 Å². The van der Waals surface area contributed by atoms with E-state index in [0.717, 1.165) is 19.5 Å². The molecule has 2 aromatic rings. The van der Waals surface area contributed by atoms with Crippen molar-refractivity contribution < 1.29 is 9.90 Å². The summed E-state index contributed by atoms with van der Waals surface area (Å²) in [6.45, 7) is 0. The zero-order valence-corrected chi connectivity index (χ0v) is 11.7. The van der Waals surface area contributed by atoms with Gasteiger partial charge in [0.1, 0.15) is 8.58 Å². The van der Waals surface area contributed by atoms with Crippen molar-refractivity contribution >= 4 is 55.7 Å². The lowest BCUT2D eigenvalue weighted by molar-refractivity contribution is 0.0703. The third-order valence-electron chi connectivity index (χ3n) is 2.18. The second kappa shape index (κ2) is 4.17. The molecule has 0 aliphatic carbocycles. The van der Waals surface area contributed by atoms with Gasteiger partial charge in [0.15, 0.2) is 0 Å². The first-order valence-electron chi connectivity index (χ1n) is 4.50. The number of thiophene rings is 1. The Kier molecular flexibility index (Phi) is 3.02. The molecule has 0 bridgehead atoms. The van der Waals surface area contributed by atoms with Gasteiger partial charge in [-0.2, -0.15) is 0 Å². The van der Waals surface area contributed by atoms with E-state index in [0.29, 0.717) is 4.88 Å². The van der Waals surface area contributed by atoms with Crippen molar-refractivity contribution in [2.75, 3.05) is 19.0 Å². The van der Waals surface area contributed by atoms with Crippen LogP contribution in [0.15, 0.2) is 12.3 Å². The van der Waals surface area contributed by atoms with Crippen LogP contribution in [0.2, 0.25) is 0 Å². The molecule has 0 amide bonds. The van der Waals surface area contributed by atoms with Crippen molar-refractivity contribution in [3.8, 4) is 0 Å². The molecule has 4 nitrogen and oxygen atoms in total. The highest BCUT2D eigenvalue weighted by molar-refractivity contribution is 14.1. The van der Waals surface area contributed by atoms with Crippen molar-refractivity contribution in [1.82, 2.24) is 4.98 Å². The number of carboxylic acids is 1. The van der Waals surface area contributed by atoms with Crippen LogP contribution in [-0.2, 0) is 0 Å². The fraction of sp³-hybridized carbons (Fsp3) is 0.200. The molecule has 0 unspecified atom stereocenters. The van der Waals surface area contributed by atoms with Gasteiger partial charge in [-0.15, -0.1) is 11.3 Å². The highest BCUT2D eigenvalue weighted by Gasteiger charge is 2.20. The summed E-state index contributed by atoms with van der Waals surface area (Å²) in [6.07, 6.45) is 1.70. The minimum atomic E-state index is -0.888. The number of aromatic nitrogens is 1. The first kappa shape index (κ1) is 11.6. The standard InChI is InChI=1S/C10H9IN2O2S/c1-13(2)6-5-3-4-12-9(11)7(5)16-8(6)10(14)15/h3-4H,1-2H3,(H,14,15). The maximum absolute atomic E-state index is 11.2. The highest BCUT2D eigenvalue weighted by atomic mass is 127. The maximum Gasteiger partial charge on any atom is 0.348 e. The lowest BCUT2D eigenvalue weighted by Gasteiger charge is -2.12. The number of carboxylic acid groups (broad SMARTS) is 1. The van der Waals surface area contributed by atoms with Gasteiger partial charge < -0.3 is 10.0 Å². The zero-order chi connectivity index (χ0) is 11.9. The van der Waals surface area contributed by atoms with Crippen LogP contribution in [0.5, 0.6) is 0 Å².